The molecular formula is C9H13AsS2. The summed E-state index contributed by atoms with van der Waals surface area (Å²) in [7, 11) is 0. The van der Waals surface area contributed by atoms with E-state index in [0.29, 0.717) is 4.04 Å². The van der Waals surface area contributed by atoms with E-state index in [9.17, 15) is 0 Å². The summed E-state index contributed by atoms with van der Waals surface area (Å²) in [6.45, 7) is 0. The first kappa shape index (κ1) is 10.6. The van der Waals surface area contributed by atoms with Gasteiger partial charge in [-0.1, -0.05) is 0 Å². The molecule has 0 heterocycles. The molecule has 2 atom stereocenters. The van der Waals surface area contributed by atoms with E-state index in [1.165, 1.54) is 4.35 Å². The van der Waals surface area contributed by atoms with Crippen LogP contribution in [0.25, 0.3) is 0 Å². The van der Waals surface area contributed by atoms with E-state index in [2.05, 4.69) is 55.6 Å². The molecule has 0 N–H and O–H groups in total. The Morgan fingerprint density at radius 3 is 2.50 bits per heavy atom. The topological polar surface area (TPSA) is 0 Å². The fourth-order valence-electron chi connectivity index (χ4n) is 0.921. The van der Waals surface area contributed by atoms with Gasteiger partial charge in [-0.05, 0) is 0 Å². The molecule has 0 aliphatic rings. The Bertz CT molecular complexity index is 213. The van der Waals surface area contributed by atoms with Crippen molar-refractivity contribution in [1.82, 2.24) is 0 Å². The summed E-state index contributed by atoms with van der Waals surface area (Å²) in [6, 6.07) is 10.6. The van der Waals surface area contributed by atoms with Crippen molar-refractivity contribution in [2.45, 2.75) is 10.5 Å². The van der Waals surface area contributed by atoms with Gasteiger partial charge in [0.1, 0.15) is 0 Å². The molecule has 1 aromatic carbocycles. The minimum absolute atomic E-state index is 0.0598. The molecule has 0 nitrogen and oxygen atoms in total. The molecule has 12 heavy (non-hydrogen) atoms. The third-order valence-corrected chi connectivity index (χ3v) is 5.40. The maximum atomic E-state index is 4.53. The molecule has 1 aromatic rings. The first-order valence-electron chi connectivity index (χ1n) is 3.93. The molecule has 0 saturated carbocycles. The number of hydrogen-bond acceptors (Lipinski definition) is 2. The molecule has 0 saturated heterocycles. The third-order valence-electron chi connectivity index (χ3n) is 1.51. The van der Waals surface area contributed by atoms with Crippen molar-refractivity contribution in [3.8, 4) is 0 Å². The summed E-state index contributed by atoms with van der Waals surface area (Å²) in [6.07, 6.45) is 1.13. The van der Waals surface area contributed by atoms with Crippen molar-refractivity contribution in [2.24, 2.45) is 0 Å². The van der Waals surface area contributed by atoms with Crippen LogP contribution in [0.5, 0.6) is 0 Å². The van der Waals surface area contributed by atoms with E-state index in [0.717, 1.165) is 12.2 Å². The summed E-state index contributed by atoms with van der Waals surface area (Å²) < 4.78 is 2.06. The first-order chi connectivity index (χ1) is 5.83. The van der Waals surface area contributed by atoms with Gasteiger partial charge in [0.05, 0.1) is 0 Å². The Morgan fingerprint density at radius 2 is 1.92 bits per heavy atom. The standard InChI is InChI=1S/C9H13AsS2/c11-7-6-9(12)10-8-4-2-1-3-5-8/h1-5,9-12H,6-7H2. The van der Waals surface area contributed by atoms with Gasteiger partial charge in [-0.2, -0.15) is 0 Å². The van der Waals surface area contributed by atoms with Gasteiger partial charge in [0.2, 0.25) is 0 Å². The minimum atomic E-state index is -0.0598. The molecule has 0 spiro atoms. The SMILES string of the molecule is SCCC(S)[AsH]c1ccccc1. The van der Waals surface area contributed by atoms with Crippen molar-refractivity contribution < 1.29 is 0 Å². The zero-order valence-electron chi connectivity index (χ0n) is 6.77. The van der Waals surface area contributed by atoms with Gasteiger partial charge in [0.25, 0.3) is 0 Å². The molecular weight excluding hydrogens is 247 g/mol. The molecule has 0 aromatic heterocycles. The van der Waals surface area contributed by atoms with Gasteiger partial charge in [-0.3, -0.25) is 0 Å². The van der Waals surface area contributed by atoms with Gasteiger partial charge >= 0.3 is 91.9 Å². The Labute approximate surface area is 91.6 Å². The van der Waals surface area contributed by atoms with E-state index in [1.54, 1.807) is 0 Å². The van der Waals surface area contributed by atoms with Crippen LogP contribution in [-0.4, -0.2) is 25.5 Å². The normalized spacial score (nSPS) is 13.8. The molecule has 0 aliphatic heterocycles. The van der Waals surface area contributed by atoms with E-state index < -0.39 is 0 Å². The third kappa shape index (κ3) is 3.93. The van der Waals surface area contributed by atoms with Crippen molar-refractivity contribution in [3.05, 3.63) is 30.3 Å². The van der Waals surface area contributed by atoms with Crippen molar-refractivity contribution >= 4 is 45.4 Å². The van der Waals surface area contributed by atoms with Crippen LogP contribution >= 0.6 is 25.3 Å². The molecule has 0 fully saturated rings. The fraction of sp³-hybridized carbons (Fsp3) is 0.333. The number of rotatable bonds is 4. The Hall–Kier alpha value is 0.478. The Balaban J connectivity index is 2.41. The predicted molar refractivity (Wildman–Crippen MR) is 64.5 cm³/mol. The van der Waals surface area contributed by atoms with Crippen molar-refractivity contribution in [2.75, 3.05) is 5.75 Å². The molecule has 1 rings (SSSR count). The summed E-state index contributed by atoms with van der Waals surface area (Å²) in [5, 5.41) is 0. The van der Waals surface area contributed by atoms with Gasteiger partial charge < -0.3 is 0 Å². The molecule has 3 heteroatoms. The van der Waals surface area contributed by atoms with E-state index in [-0.39, 0.29) is 15.8 Å². The molecule has 0 radical (unpaired) electrons. The quantitative estimate of drug-likeness (QED) is 0.592. The second kappa shape index (κ2) is 6.01. The predicted octanol–water partition coefficient (Wildman–Crippen LogP) is 1.32. The van der Waals surface area contributed by atoms with Crippen LogP contribution in [0.1, 0.15) is 6.42 Å². The van der Waals surface area contributed by atoms with Crippen LogP contribution < -0.4 is 4.35 Å². The zero-order valence-corrected chi connectivity index (χ0v) is 10.7. The summed E-state index contributed by atoms with van der Waals surface area (Å²) in [5.74, 6) is 0.949. The molecule has 0 amide bonds. The van der Waals surface area contributed by atoms with E-state index in [1.807, 2.05) is 0 Å². The van der Waals surface area contributed by atoms with Gasteiger partial charge in [0, 0.05) is 0 Å². The van der Waals surface area contributed by atoms with Crippen LogP contribution in [0.3, 0.4) is 0 Å². The van der Waals surface area contributed by atoms with Crippen LogP contribution in [0.15, 0.2) is 30.3 Å². The molecule has 0 aliphatic carbocycles. The second-order valence-electron chi connectivity index (χ2n) is 2.54. The molecule has 2 unspecified atom stereocenters. The van der Waals surface area contributed by atoms with Gasteiger partial charge in [-0.15, -0.1) is 0 Å². The van der Waals surface area contributed by atoms with Crippen LogP contribution in [0.4, 0.5) is 0 Å². The maximum absolute atomic E-state index is 4.53. The summed E-state index contributed by atoms with van der Waals surface area (Å²) in [4.78, 5) is 0. The van der Waals surface area contributed by atoms with Crippen LogP contribution in [0.2, 0.25) is 0 Å². The Kier molecular flexibility index (Phi) is 5.29. The second-order valence-corrected chi connectivity index (χ2v) is 7.91. The van der Waals surface area contributed by atoms with Crippen molar-refractivity contribution in [1.29, 1.82) is 0 Å². The van der Waals surface area contributed by atoms with Gasteiger partial charge in [-0.25, -0.2) is 0 Å². The summed E-state index contributed by atoms with van der Waals surface area (Å²) >= 11 is 8.67. The number of hydrogen-bond donors (Lipinski definition) is 2. The monoisotopic (exact) mass is 260 g/mol. The summed E-state index contributed by atoms with van der Waals surface area (Å²) in [5.41, 5.74) is 0. The first-order valence-corrected chi connectivity index (χ1v) is 7.34. The molecule has 66 valence electrons. The number of benzene rings is 1. The van der Waals surface area contributed by atoms with E-state index in [4.69, 9.17) is 0 Å². The average molecular weight is 260 g/mol. The Morgan fingerprint density at radius 1 is 1.25 bits per heavy atom. The molecule has 0 bridgehead atoms. The zero-order chi connectivity index (χ0) is 8.81. The van der Waals surface area contributed by atoms with Gasteiger partial charge in [0.15, 0.2) is 0 Å². The fourth-order valence-corrected chi connectivity index (χ4v) is 5.02. The number of thiol groups is 2. The van der Waals surface area contributed by atoms with E-state index >= 15 is 0 Å². The van der Waals surface area contributed by atoms with Crippen molar-refractivity contribution in [3.63, 3.8) is 0 Å². The van der Waals surface area contributed by atoms with Crippen LogP contribution in [-0.2, 0) is 0 Å². The van der Waals surface area contributed by atoms with Crippen LogP contribution in [0, 0.1) is 0 Å². The average Bonchev–Trinajstić information content (AvgIpc) is 2.06.